The topological polar surface area (TPSA) is 79.4 Å². The fourth-order valence-corrected chi connectivity index (χ4v) is 5.61. The molecule has 1 saturated heterocycles. The Morgan fingerprint density at radius 2 is 1.83 bits per heavy atom. The maximum Gasteiger partial charge on any atom is 0.257 e. The molecule has 1 amide bonds. The molecule has 2 heterocycles. The number of carbonyl (C=O) groups excluding carboxylic acids is 1. The number of hydrogen-bond donors (Lipinski definition) is 1. The number of benzene rings is 2. The molecule has 0 radical (unpaired) electrons. The third-order valence-corrected chi connectivity index (χ3v) is 7.66. The van der Waals surface area contributed by atoms with E-state index in [1.165, 1.54) is 21.7 Å². The number of sulfonamides is 1. The van der Waals surface area contributed by atoms with Gasteiger partial charge < -0.3 is 0 Å². The molecule has 0 unspecified atom stereocenters. The molecule has 156 valence electrons. The first-order chi connectivity index (χ1) is 14.3. The number of thiazole rings is 1. The minimum absolute atomic E-state index is 0.0393. The van der Waals surface area contributed by atoms with E-state index in [1.54, 1.807) is 17.5 Å². The fourth-order valence-electron chi connectivity index (χ4n) is 3.16. The zero-order valence-corrected chi connectivity index (χ0v) is 18.0. The lowest BCUT2D eigenvalue weighted by Gasteiger charge is -2.16. The van der Waals surface area contributed by atoms with Gasteiger partial charge in [-0.3, -0.25) is 10.1 Å². The van der Waals surface area contributed by atoms with Gasteiger partial charge in [0, 0.05) is 34.6 Å². The Morgan fingerprint density at radius 1 is 1.13 bits per heavy atom. The first kappa shape index (κ1) is 20.9. The molecule has 1 aromatic heterocycles. The summed E-state index contributed by atoms with van der Waals surface area (Å²) in [6.07, 6.45) is 1.47. The molecule has 0 bridgehead atoms. The van der Waals surface area contributed by atoms with Crippen molar-refractivity contribution in [2.45, 2.75) is 17.7 Å². The summed E-state index contributed by atoms with van der Waals surface area (Å²) < 4.78 is 40.9. The lowest BCUT2D eigenvalue weighted by molar-refractivity contribution is 0.102. The SMILES string of the molecule is O=C(Nc1nc(-c2ccc(Cl)cc2)cs1)c1ccc(F)c(S(=O)(=O)N2CCCC2)c1. The van der Waals surface area contributed by atoms with Crippen molar-refractivity contribution in [2.75, 3.05) is 18.4 Å². The van der Waals surface area contributed by atoms with Gasteiger partial charge in [0.1, 0.15) is 10.7 Å². The number of amides is 1. The summed E-state index contributed by atoms with van der Waals surface area (Å²) in [7, 11) is -3.98. The van der Waals surface area contributed by atoms with E-state index < -0.39 is 26.6 Å². The van der Waals surface area contributed by atoms with E-state index >= 15 is 0 Å². The molecule has 30 heavy (non-hydrogen) atoms. The monoisotopic (exact) mass is 465 g/mol. The second-order valence-corrected chi connectivity index (χ2v) is 9.96. The molecule has 6 nitrogen and oxygen atoms in total. The van der Waals surface area contributed by atoms with E-state index in [2.05, 4.69) is 10.3 Å². The molecule has 0 saturated carbocycles. The van der Waals surface area contributed by atoms with Crippen LogP contribution in [-0.2, 0) is 10.0 Å². The lowest BCUT2D eigenvalue weighted by atomic mass is 10.2. The summed E-state index contributed by atoms with van der Waals surface area (Å²) in [5.41, 5.74) is 1.55. The number of anilines is 1. The van der Waals surface area contributed by atoms with Crippen LogP contribution in [0.3, 0.4) is 0 Å². The molecule has 1 N–H and O–H groups in total. The van der Waals surface area contributed by atoms with Crippen LogP contribution in [0.1, 0.15) is 23.2 Å². The summed E-state index contributed by atoms with van der Waals surface area (Å²) in [4.78, 5) is 16.5. The molecule has 1 aliphatic heterocycles. The summed E-state index contributed by atoms with van der Waals surface area (Å²) in [6.45, 7) is 0.704. The quantitative estimate of drug-likeness (QED) is 0.595. The van der Waals surface area contributed by atoms with Crippen molar-refractivity contribution in [3.05, 3.63) is 64.2 Å². The number of hydrogen-bond acceptors (Lipinski definition) is 5. The van der Waals surface area contributed by atoms with Crippen LogP contribution >= 0.6 is 22.9 Å². The molecular formula is C20H17ClFN3O3S2. The molecule has 0 spiro atoms. The number of aromatic nitrogens is 1. The van der Waals surface area contributed by atoms with Gasteiger partial charge in [0.15, 0.2) is 5.13 Å². The van der Waals surface area contributed by atoms with Gasteiger partial charge in [-0.05, 0) is 43.2 Å². The maximum absolute atomic E-state index is 14.3. The van der Waals surface area contributed by atoms with Gasteiger partial charge in [-0.15, -0.1) is 11.3 Å². The number of nitrogens with zero attached hydrogens (tertiary/aromatic N) is 2. The van der Waals surface area contributed by atoms with E-state index in [0.29, 0.717) is 28.9 Å². The van der Waals surface area contributed by atoms with Crippen LogP contribution < -0.4 is 5.32 Å². The van der Waals surface area contributed by atoms with Crippen molar-refractivity contribution in [1.29, 1.82) is 0 Å². The van der Waals surface area contributed by atoms with Crippen molar-refractivity contribution in [2.24, 2.45) is 0 Å². The Morgan fingerprint density at radius 3 is 2.53 bits per heavy atom. The summed E-state index contributed by atoms with van der Waals surface area (Å²) in [6, 6.07) is 10.5. The third kappa shape index (κ3) is 4.24. The van der Waals surface area contributed by atoms with Crippen LogP contribution in [0, 0.1) is 5.82 Å². The van der Waals surface area contributed by atoms with Crippen molar-refractivity contribution in [1.82, 2.24) is 9.29 Å². The van der Waals surface area contributed by atoms with E-state index in [0.717, 1.165) is 30.5 Å². The second-order valence-electron chi connectivity index (χ2n) is 6.76. The number of carbonyl (C=O) groups is 1. The molecule has 0 aliphatic carbocycles. The molecule has 1 aliphatic rings. The van der Waals surface area contributed by atoms with E-state index in [4.69, 9.17) is 11.6 Å². The highest BCUT2D eigenvalue weighted by molar-refractivity contribution is 7.89. The Kier molecular flexibility index (Phi) is 5.88. The first-order valence-corrected chi connectivity index (χ1v) is 11.9. The normalized spacial score (nSPS) is 14.7. The van der Waals surface area contributed by atoms with Crippen LogP contribution in [-0.4, -0.2) is 36.7 Å². The minimum Gasteiger partial charge on any atom is -0.298 e. The molecule has 1 fully saturated rings. The molecule has 2 aromatic carbocycles. The van der Waals surface area contributed by atoms with Crippen LogP contribution in [0.15, 0.2) is 52.7 Å². The standard InChI is InChI=1S/C20H17ClFN3O3S2/c21-15-6-3-13(4-7-15)17-12-29-20(23-17)24-19(26)14-5-8-16(22)18(11-14)30(27,28)25-9-1-2-10-25/h3-8,11-12H,1-2,9-10H2,(H,23,24,26). The van der Waals surface area contributed by atoms with Crippen LogP contribution in [0.25, 0.3) is 11.3 Å². The van der Waals surface area contributed by atoms with E-state index in [-0.39, 0.29) is 5.56 Å². The molecular weight excluding hydrogens is 449 g/mol. The van der Waals surface area contributed by atoms with Gasteiger partial charge in [0.05, 0.1) is 5.69 Å². The van der Waals surface area contributed by atoms with E-state index in [9.17, 15) is 17.6 Å². The Bertz CT molecular complexity index is 1190. The van der Waals surface area contributed by atoms with Crippen molar-refractivity contribution >= 4 is 44.0 Å². The smallest absolute Gasteiger partial charge is 0.257 e. The first-order valence-electron chi connectivity index (χ1n) is 9.17. The van der Waals surface area contributed by atoms with Gasteiger partial charge in [0.2, 0.25) is 10.0 Å². The highest BCUT2D eigenvalue weighted by atomic mass is 35.5. The number of nitrogens with one attached hydrogen (secondary N) is 1. The third-order valence-electron chi connectivity index (χ3n) is 4.74. The zero-order chi connectivity index (χ0) is 21.3. The van der Waals surface area contributed by atoms with Crippen LogP contribution in [0.2, 0.25) is 5.02 Å². The van der Waals surface area contributed by atoms with Gasteiger partial charge >= 0.3 is 0 Å². The number of halogens is 2. The van der Waals surface area contributed by atoms with Crippen molar-refractivity contribution < 1.29 is 17.6 Å². The molecule has 0 atom stereocenters. The predicted octanol–water partition coefficient (Wildman–Crippen LogP) is 4.64. The number of rotatable bonds is 5. The Balaban J connectivity index is 1.55. The molecule has 4 rings (SSSR count). The van der Waals surface area contributed by atoms with Gasteiger partial charge in [-0.25, -0.2) is 17.8 Å². The van der Waals surface area contributed by atoms with Crippen molar-refractivity contribution in [3.8, 4) is 11.3 Å². The highest BCUT2D eigenvalue weighted by Gasteiger charge is 2.30. The van der Waals surface area contributed by atoms with Crippen molar-refractivity contribution in [3.63, 3.8) is 0 Å². The average molecular weight is 466 g/mol. The largest absolute Gasteiger partial charge is 0.298 e. The lowest BCUT2D eigenvalue weighted by Crippen LogP contribution is -2.29. The average Bonchev–Trinajstić information content (AvgIpc) is 3.41. The predicted molar refractivity (Wildman–Crippen MR) is 115 cm³/mol. The van der Waals surface area contributed by atoms with Gasteiger partial charge in [-0.1, -0.05) is 23.7 Å². The van der Waals surface area contributed by atoms with Gasteiger partial charge in [-0.2, -0.15) is 4.31 Å². The molecule has 10 heteroatoms. The fraction of sp³-hybridized carbons (Fsp3) is 0.200. The minimum atomic E-state index is -3.98. The Hall–Kier alpha value is -2.33. The van der Waals surface area contributed by atoms with E-state index in [1.807, 2.05) is 12.1 Å². The Labute approximate surface area is 182 Å². The van der Waals surface area contributed by atoms with Crippen LogP contribution in [0.5, 0.6) is 0 Å². The second kappa shape index (κ2) is 8.43. The highest BCUT2D eigenvalue weighted by Crippen LogP contribution is 2.27. The zero-order valence-electron chi connectivity index (χ0n) is 15.6. The summed E-state index contributed by atoms with van der Waals surface area (Å²) in [5.74, 6) is -1.44. The maximum atomic E-state index is 14.3. The molecule has 3 aromatic rings. The summed E-state index contributed by atoms with van der Waals surface area (Å²) >= 11 is 7.12. The summed E-state index contributed by atoms with van der Waals surface area (Å²) in [5, 5.41) is 5.38. The van der Waals surface area contributed by atoms with Gasteiger partial charge in [0.25, 0.3) is 5.91 Å². The van der Waals surface area contributed by atoms with Crippen LogP contribution in [0.4, 0.5) is 9.52 Å².